The van der Waals surface area contributed by atoms with Crippen molar-refractivity contribution < 1.29 is 22.3 Å². The van der Waals surface area contributed by atoms with Gasteiger partial charge in [-0.25, -0.2) is 9.59 Å². The third-order valence-electron chi connectivity index (χ3n) is 5.09. The van der Waals surface area contributed by atoms with E-state index < -0.39 is 28.0 Å². The molecular weight excluding hydrogens is 501 g/mol. The molecule has 178 valence electrons. The molecule has 2 atom stereocenters. The molecule has 2 aromatic carbocycles. The fraction of sp³-hybridized carbons (Fsp3) is 0.182. The van der Waals surface area contributed by atoms with E-state index in [2.05, 4.69) is 20.6 Å². The van der Waals surface area contributed by atoms with Crippen LogP contribution in [0.15, 0.2) is 59.9 Å². The first-order valence-corrected chi connectivity index (χ1v) is 12.3. The molecule has 1 aromatic heterocycles. The number of amides is 3. The Labute approximate surface area is 207 Å². The van der Waals surface area contributed by atoms with E-state index in [9.17, 15) is 18.0 Å². The van der Waals surface area contributed by atoms with Crippen LogP contribution >= 0.6 is 23.2 Å². The second kappa shape index (κ2) is 10.5. The summed E-state index contributed by atoms with van der Waals surface area (Å²) in [5.41, 5.74) is 2.16. The fourth-order valence-corrected chi connectivity index (χ4v) is 4.88. The lowest BCUT2D eigenvalue weighted by atomic mass is 10.0. The minimum absolute atomic E-state index is 0.0378. The summed E-state index contributed by atoms with van der Waals surface area (Å²) < 4.78 is 24.5. The van der Waals surface area contributed by atoms with Crippen molar-refractivity contribution in [3.05, 3.63) is 70.6 Å². The first-order valence-electron chi connectivity index (χ1n) is 10.0. The molecule has 0 saturated carbocycles. The smallest absolute Gasteiger partial charge is 0.331 e. The number of carbonyl (C=O) groups is 2. The van der Waals surface area contributed by atoms with E-state index in [4.69, 9.17) is 23.2 Å². The van der Waals surface area contributed by atoms with Crippen molar-refractivity contribution in [2.45, 2.75) is 24.8 Å². The zero-order valence-corrected chi connectivity index (χ0v) is 20.8. The summed E-state index contributed by atoms with van der Waals surface area (Å²) >= 11 is 12.9. The Bertz CT molecular complexity index is 1320. The largest absolute Gasteiger partial charge is 0.332 e. The average molecular weight is 523 g/mol. The molecule has 1 unspecified atom stereocenters. The lowest BCUT2D eigenvalue weighted by molar-refractivity contribution is -0.654. The number of nitrogens with zero attached hydrogens (tertiary/aromatic N) is 2. The fourth-order valence-electron chi connectivity index (χ4n) is 3.06. The van der Waals surface area contributed by atoms with E-state index >= 15 is 0 Å². The van der Waals surface area contributed by atoms with Gasteiger partial charge < -0.3 is 10.6 Å². The van der Waals surface area contributed by atoms with Crippen LogP contribution in [-0.4, -0.2) is 37.4 Å². The van der Waals surface area contributed by atoms with Gasteiger partial charge in [-0.3, -0.25) is 9.97 Å². The van der Waals surface area contributed by atoms with Gasteiger partial charge in [-0.05, 0) is 36.8 Å². The summed E-state index contributed by atoms with van der Waals surface area (Å²) in [5, 5.41) is 5.97. The lowest BCUT2D eigenvalue weighted by Gasteiger charge is -2.18. The van der Waals surface area contributed by atoms with Gasteiger partial charge in [-0.2, -0.15) is 12.7 Å². The third kappa shape index (κ3) is 5.53. The van der Waals surface area contributed by atoms with Crippen molar-refractivity contribution in [1.29, 1.82) is 0 Å². The molecule has 3 aromatic rings. The molecule has 0 saturated heterocycles. The van der Waals surface area contributed by atoms with Crippen molar-refractivity contribution in [3.63, 3.8) is 0 Å². The number of hydrogen-bond acceptors (Lipinski definition) is 6. The summed E-state index contributed by atoms with van der Waals surface area (Å²) in [7, 11) is -2.61. The summed E-state index contributed by atoms with van der Waals surface area (Å²) in [6.07, 6.45) is 4.67. The molecule has 0 aliphatic rings. The molecule has 9 nitrogen and oxygen atoms in total. The third-order valence-corrected chi connectivity index (χ3v) is 7.97. The Kier molecular flexibility index (Phi) is 7.88. The normalized spacial score (nSPS) is 13.1. The second-order valence-corrected chi connectivity index (χ2v) is 10.2. The highest BCUT2D eigenvalue weighted by Gasteiger charge is 2.28. The van der Waals surface area contributed by atoms with Crippen LogP contribution in [-0.2, 0) is 14.8 Å². The van der Waals surface area contributed by atoms with Gasteiger partial charge in [0.15, 0.2) is 0 Å². The Hall–Kier alpha value is -3.05. The number of urea groups is 1. The number of halogens is 2. The topological polar surface area (TPSA) is 123 Å². The number of hydrogen-bond donors (Lipinski definition) is 3. The van der Waals surface area contributed by atoms with Crippen molar-refractivity contribution >= 4 is 50.9 Å². The monoisotopic (exact) mass is 522 g/mol. The predicted octanol–water partition coefficient (Wildman–Crippen LogP) is 3.08. The molecule has 34 heavy (non-hydrogen) atoms. The molecule has 0 aliphatic heterocycles. The molecule has 0 bridgehead atoms. The Morgan fingerprint density at radius 3 is 2.29 bits per heavy atom. The second-order valence-electron chi connectivity index (χ2n) is 7.38. The number of aromatic nitrogens is 2. The molecule has 3 N–H and O–H groups in total. The maximum absolute atomic E-state index is 12.5. The maximum Gasteiger partial charge on any atom is 0.332 e. The Morgan fingerprint density at radius 1 is 1.03 bits per heavy atom. The SMILES string of the molecule is CC(=O)[NH+](C)S(=O)(=O)c1ccc(NC(=O)N[C@@H](C)c2ccc(-c3cnccn3)c(Cl)c2Cl)cc1. The van der Waals surface area contributed by atoms with Gasteiger partial charge >= 0.3 is 22.0 Å². The first-order chi connectivity index (χ1) is 16.0. The molecule has 1 heterocycles. The summed E-state index contributed by atoms with van der Waals surface area (Å²) in [6, 6.07) is 7.99. The zero-order chi connectivity index (χ0) is 25.0. The van der Waals surface area contributed by atoms with E-state index in [1.807, 2.05) is 0 Å². The van der Waals surface area contributed by atoms with Gasteiger partial charge in [0, 0.05) is 23.6 Å². The van der Waals surface area contributed by atoms with E-state index in [1.54, 1.807) is 37.6 Å². The van der Waals surface area contributed by atoms with E-state index in [1.165, 1.54) is 38.2 Å². The van der Waals surface area contributed by atoms with E-state index in [-0.39, 0.29) is 14.2 Å². The first kappa shape index (κ1) is 25.6. The van der Waals surface area contributed by atoms with Crippen molar-refractivity contribution in [2.75, 3.05) is 12.4 Å². The van der Waals surface area contributed by atoms with Crippen LogP contribution in [0, 0.1) is 0 Å². The Morgan fingerprint density at radius 2 is 1.71 bits per heavy atom. The van der Waals surface area contributed by atoms with Gasteiger partial charge in [0.25, 0.3) is 0 Å². The summed E-state index contributed by atoms with van der Waals surface area (Å²) in [6.45, 7) is 2.94. The van der Waals surface area contributed by atoms with Crippen molar-refractivity contribution in [2.24, 2.45) is 0 Å². The number of nitrogens with one attached hydrogen (secondary N) is 3. The molecule has 0 spiro atoms. The van der Waals surface area contributed by atoms with Crippen LogP contribution in [0.4, 0.5) is 10.5 Å². The minimum Gasteiger partial charge on any atom is -0.331 e. The number of carbonyl (C=O) groups excluding carboxylic acids is 2. The van der Waals surface area contributed by atoms with Crippen LogP contribution in [0.5, 0.6) is 0 Å². The van der Waals surface area contributed by atoms with Gasteiger partial charge in [0.1, 0.15) is 4.90 Å². The Balaban J connectivity index is 1.70. The van der Waals surface area contributed by atoms with E-state index in [0.717, 1.165) is 0 Å². The summed E-state index contributed by atoms with van der Waals surface area (Å²) in [4.78, 5) is 32.1. The van der Waals surface area contributed by atoms with Crippen LogP contribution in [0.2, 0.25) is 10.0 Å². The molecule has 12 heteroatoms. The van der Waals surface area contributed by atoms with Gasteiger partial charge in [-0.1, -0.05) is 35.3 Å². The number of sulfonamides is 1. The average Bonchev–Trinajstić information content (AvgIpc) is 2.80. The van der Waals surface area contributed by atoms with Crippen molar-refractivity contribution in [3.8, 4) is 11.3 Å². The number of rotatable bonds is 6. The maximum atomic E-state index is 12.5. The standard InChI is InChI=1S/C22H21Cl2N5O4S/c1-13(17-8-9-18(21(24)20(17)23)19-12-25-10-11-26-19)27-22(31)28-15-4-6-16(7-5-15)34(32,33)29(3)14(2)30/h4-13H,1-3H3,(H2,27,28,31)/p+1/t13-/m0/s1. The number of anilines is 1. The minimum atomic E-state index is -3.87. The van der Waals surface area contributed by atoms with Crippen LogP contribution in [0.3, 0.4) is 0 Å². The lowest BCUT2D eigenvalue weighted by Crippen LogP contribution is -3.13. The van der Waals surface area contributed by atoms with Gasteiger partial charge in [-0.15, -0.1) is 0 Å². The molecule has 0 radical (unpaired) electrons. The highest BCUT2D eigenvalue weighted by atomic mass is 35.5. The number of quaternary nitrogens is 1. The van der Waals surface area contributed by atoms with E-state index in [0.29, 0.717) is 27.5 Å². The highest BCUT2D eigenvalue weighted by molar-refractivity contribution is 7.85. The molecule has 3 rings (SSSR count). The molecular formula is C22H22Cl2N5O4S+. The van der Waals surface area contributed by atoms with Crippen LogP contribution in [0.1, 0.15) is 25.5 Å². The zero-order valence-electron chi connectivity index (χ0n) is 18.5. The van der Waals surface area contributed by atoms with Gasteiger partial charge in [0.2, 0.25) is 0 Å². The number of benzene rings is 2. The van der Waals surface area contributed by atoms with Crippen LogP contribution in [0.25, 0.3) is 11.3 Å². The quantitative estimate of drug-likeness (QED) is 0.457. The molecule has 0 fully saturated rings. The predicted molar refractivity (Wildman–Crippen MR) is 129 cm³/mol. The van der Waals surface area contributed by atoms with Gasteiger partial charge in [0.05, 0.1) is 41.9 Å². The highest BCUT2D eigenvalue weighted by Crippen LogP contribution is 2.37. The van der Waals surface area contributed by atoms with Crippen LogP contribution < -0.4 is 14.9 Å². The van der Waals surface area contributed by atoms with Crippen molar-refractivity contribution in [1.82, 2.24) is 15.3 Å². The molecule has 0 aliphatic carbocycles. The summed E-state index contributed by atoms with van der Waals surface area (Å²) in [5.74, 6) is -0.529. The molecule has 3 amide bonds.